The van der Waals surface area contributed by atoms with Crippen molar-refractivity contribution in [3.8, 4) is 0 Å². The summed E-state index contributed by atoms with van der Waals surface area (Å²) in [7, 11) is 0. The molecule has 2 heterocycles. The summed E-state index contributed by atoms with van der Waals surface area (Å²) in [4.78, 5) is 28.9. The van der Waals surface area contributed by atoms with Crippen LogP contribution in [-0.2, 0) is 9.59 Å². The highest BCUT2D eigenvalue weighted by Crippen LogP contribution is 2.11. The zero-order valence-electron chi connectivity index (χ0n) is 10.9. The molecule has 0 bridgehead atoms. The minimum atomic E-state index is -1.30. The van der Waals surface area contributed by atoms with Crippen LogP contribution in [0.3, 0.4) is 0 Å². The van der Waals surface area contributed by atoms with E-state index in [4.69, 9.17) is 5.11 Å². The Labute approximate surface area is 115 Å². The van der Waals surface area contributed by atoms with Crippen LogP contribution in [0.4, 0.5) is 5.69 Å². The summed E-state index contributed by atoms with van der Waals surface area (Å²) in [6, 6.07) is 4.33. The minimum Gasteiger partial charge on any atom is -0.479 e. The van der Waals surface area contributed by atoms with E-state index in [-0.39, 0.29) is 0 Å². The van der Waals surface area contributed by atoms with Gasteiger partial charge in [-0.3, -0.25) is 9.79 Å². The van der Waals surface area contributed by atoms with Crippen molar-refractivity contribution in [3.63, 3.8) is 0 Å². The number of benzene rings is 1. The molecule has 1 fully saturated rings. The van der Waals surface area contributed by atoms with E-state index < -0.39 is 17.8 Å². The van der Waals surface area contributed by atoms with Crippen molar-refractivity contribution in [2.24, 2.45) is 4.99 Å². The van der Waals surface area contributed by atoms with Crippen molar-refractivity contribution in [3.05, 3.63) is 28.8 Å². The van der Waals surface area contributed by atoms with E-state index in [1.54, 1.807) is 0 Å². The lowest BCUT2D eigenvalue weighted by Crippen LogP contribution is -2.45. The van der Waals surface area contributed by atoms with E-state index in [2.05, 4.69) is 15.2 Å². The molecule has 0 amide bonds. The number of nitrogens with one attached hydrogen (secondary N) is 1. The summed E-state index contributed by atoms with van der Waals surface area (Å²) < 4.78 is 0. The SMILES string of the molecule is O=C(O)C1N=c2cc(N3CCNCC3)ccc2=CC1=O. The van der Waals surface area contributed by atoms with Crippen LogP contribution >= 0.6 is 0 Å². The molecule has 6 heteroatoms. The molecule has 1 aromatic rings. The van der Waals surface area contributed by atoms with Crippen LogP contribution in [0.15, 0.2) is 23.2 Å². The van der Waals surface area contributed by atoms with Gasteiger partial charge in [-0.1, -0.05) is 6.07 Å². The third-order valence-corrected chi connectivity index (χ3v) is 3.57. The Bertz CT molecular complexity index is 677. The molecule has 1 unspecified atom stereocenters. The molecule has 0 saturated carbocycles. The molecule has 2 N–H and O–H groups in total. The Hall–Kier alpha value is -2.21. The van der Waals surface area contributed by atoms with Crippen LogP contribution < -0.4 is 20.8 Å². The van der Waals surface area contributed by atoms with Gasteiger partial charge in [0.05, 0.1) is 5.36 Å². The largest absolute Gasteiger partial charge is 0.479 e. The Morgan fingerprint density at radius 3 is 2.80 bits per heavy atom. The first-order chi connectivity index (χ1) is 9.65. The van der Waals surface area contributed by atoms with Crippen molar-refractivity contribution in [1.82, 2.24) is 5.32 Å². The number of fused-ring (bicyclic) bond motifs is 1. The Morgan fingerprint density at radius 2 is 2.10 bits per heavy atom. The van der Waals surface area contributed by atoms with E-state index in [9.17, 15) is 9.59 Å². The van der Waals surface area contributed by atoms with E-state index in [0.717, 1.165) is 31.9 Å². The maximum atomic E-state index is 11.6. The van der Waals surface area contributed by atoms with Crippen molar-refractivity contribution in [1.29, 1.82) is 0 Å². The monoisotopic (exact) mass is 273 g/mol. The van der Waals surface area contributed by atoms with Crippen LogP contribution in [0.25, 0.3) is 6.08 Å². The van der Waals surface area contributed by atoms with Crippen molar-refractivity contribution in [2.75, 3.05) is 31.1 Å². The van der Waals surface area contributed by atoms with Gasteiger partial charge >= 0.3 is 5.97 Å². The van der Waals surface area contributed by atoms with Gasteiger partial charge in [-0.05, 0) is 18.2 Å². The molecule has 0 aromatic heterocycles. The summed E-state index contributed by atoms with van der Waals surface area (Å²) in [5.41, 5.74) is 1.01. The molecule has 104 valence electrons. The highest BCUT2D eigenvalue weighted by molar-refractivity contribution is 6.18. The van der Waals surface area contributed by atoms with E-state index >= 15 is 0 Å². The van der Waals surface area contributed by atoms with Crippen molar-refractivity contribution >= 4 is 23.5 Å². The highest BCUT2D eigenvalue weighted by atomic mass is 16.4. The summed E-state index contributed by atoms with van der Waals surface area (Å²) >= 11 is 0. The molecular formula is C14H15N3O3. The smallest absolute Gasteiger partial charge is 0.336 e. The number of hydrogen-bond acceptors (Lipinski definition) is 5. The molecule has 3 rings (SSSR count). The summed E-state index contributed by atoms with van der Waals surface area (Å²) in [5, 5.41) is 13.5. The van der Waals surface area contributed by atoms with Crippen LogP contribution in [0, 0.1) is 0 Å². The summed E-state index contributed by atoms with van der Waals surface area (Å²) in [6.45, 7) is 3.67. The quantitative estimate of drug-likeness (QED) is 0.643. The fourth-order valence-corrected chi connectivity index (χ4v) is 2.50. The van der Waals surface area contributed by atoms with Gasteiger partial charge in [0, 0.05) is 37.1 Å². The van der Waals surface area contributed by atoms with Gasteiger partial charge in [0.2, 0.25) is 6.04 Å². The number of carbonyl (C=O) groups is 2. The number of hydrogen-bond donors (Lipinski definition) is 2. The predicted molar refractivity (Wildman–Crippen MR) is 73.2 cm³/mol. The number of rotatable bonds is 2. The fourth-order valence-electron chi connectivity index (χ4n) is 2.50. The van der Waals surface area contributed by atoms with Gasteiger partial charge in [-0.25, -0.2) is 4.79 Å². The third-order valence-electron chi connectivity index (χ3n) is 3.57. The second-order valence-electron chi connectivity index (χ2n) is 4.90. The Morgan fingerprint density at radius 1 is 1.35 bits per heavy atom. The fraction of sp³-hybridized carbons (Fsp3) is 0.357. The zero-order valence-corrected chi connectivity index (χ0v) is 10.9. The molecule has 20 heavy (non-hydrogen) atoms. The second kappa shape index (κ2) is 5.05. The average molecular weight is 273 g/mol. The molecule has 0 aliphatic carbocycles. The van der Waals surface area contributed by atoms with Crippen LogP contribution in [0.2, 0.25) is 0 Å². The number of anilines is 1. The first-order valence-electron chi connectivity index (χ1n) is 6.57. The van der Waals surface area contributed by atoms with E-state index in [1.165, 1.54) is 6.08 Å². The predicted octanol–water partition coefficient (Wildman–Crippen LogP) is -1.47. The Balaban J connectivity index is 2.02. The molecule has 1 saturated heterocycles. The number of aliphatic carboxylic acids is 1. The van der Waals surface area contributed by atoms with E-state index in [1.807, 2.05) is 18.2 Å². The lowest BCUT2D eigenvalue weighted by molar-refractivity contribution is -0.140. The molecule has 0 radical (unpaired) electrons. The van der Waals surface area contributed by atoms with Crippen molar-refractivity contribution < 1.29 is 14.7 Å². The molecule has 1 aromatic carbocycles. The van der Waals surface area contributed by atoms with Gasteiger partial charge in [-0.2, -0.15) is 0 Å². The number of carboxylic acid groups (broad SMARTS) is 1. The molecule has 0 spiro atoms. The van der Waals surface area contributed by atoms with Gasteiger partial charge in [0.1, 0.15) is 0 Å². The minimum absolute atomic E-state index is 0.472. The average Bonchev–Trinajstić information content (AvgIpc) is 2.47. The number of piperazine rings is 1. The summed E-state index contributed by atoms with van der Waals surface area (Å²) in [6.07, 6.45) is 1.36. The molecule has 6 nitrogen and oxygen atoms in total. The number of ketones is 1. The first kappa shape index (κ1) is 12.8. The molecule has 2 aliphatic heterocycles. The van der Waals surface area contributed by atoms with Gasteiger partial charge in [0.15, 0.2) is 5.78 Å². The van der Waals surface area contributed by atoms with E-state index in [0.29, 0.717) is 10.6 Å². The third kappa shape index (κ3) is 2.30. The maximum absolute atomic E-state index is 11.6. The Kier molecular flexibility index (Phi) is 3.23. The number of nitrogens with zero attached hydrogens (tertiary/aromatic N) is 2. The number of carboxylic acids is 1. The van der Waals surface area contributed by atoms with Gasteiger partial charge < -0.3 is 15.3 Å². The molecular weight excluding hydrogens is 258 g/mol. The van der Waals surface area contributed by atoms with Crippen LogP contribution in [-0.4, -0.2) is 49.1 Å². The second-order valence-corrected chi connectivity index (χ2v) is 4.90. The summed E-state index contributed by atoms with van der Waals surface area (Å²) in [5.74, 6) is -1.68. The van der Waals surface area contributed by atoms with Crippen molar-refractivity contribution in [2.45, 2.75) is 6.04 Å². The maximum Gasteiger partial charge on any atom is 0.336 e. The standard InChI is InChI=1S/C14H15N3O3/c18-12-7-9-1-2-10(17-5-3-15-4-6-17)8-11(9)16-13(12)14(19)20/h1-2,7-8,13,15H,3-6H2,(H,19,20). The first-order valence-corrected chi connectivity index (χ1v) is 6.57. The number of carbonyl (C=O) groups excluding carboxylic acids is 1. The normalized spacial score (nSPS) is 21.7. The zero-order chi connectivity index (χ0) is 14.1. The highest BCUT2D eigenvalue weighted by Gasteiger charge is 2.25. The molecule has 1 atom stereocenters. The van der Waals surface area contributed by atoms with Gasteiger partial charge in [0.25, 0.3) is 0 Å². The molecule has 2 aliphatic rings. The topological polar surface area (TPSA) is 82.0 Å². The van der Waals surface area contributed by atoms with Crippen LogP contribution in [0.5, 0.6) is 0 Å². The van der Waals surface area contributed by atoms with Gasteiger partial charge in [-0.15, -0.1) is 0 Å². The van der Waals surface area contributed by atoms with Crippen LogP contribution in [0.1, 0.15) is 0 Å². The lowest BCUT2D eigenvalue weighted by Gasteiger charge is -2.29. The lowest BCUT2D eigenvalue weighted by atomic mass is 10.1. The number of Topliss-reactive ketones (excluding diaryl/α,β-unsaturated/α-hetero) is 1.